The van der Waals surface area contributed by atoms with Crippen LogP contribution in [0.3, 0.4) is 0 Å². The van der Waals surface area contributed by atoms with Gasteiger partial charge < -0.3 is 13.9 Å². The van der Waals surface area contributed by atoms with Crippen molar-refractivity contribution in [2.45, 2.75) is 0 Å². The van der Waals surface area contributed by atoms with Gasteiger partial charge in [-0.3, -0.25) is 0 Å². The van der Waals surface area contributed by atoms with E-state index in [1.807, 2.05) is 0 Å². The van der Waals surface area contributed by atoms with E-state index in [-0.39, 0.29) is 0 Å². The zero-order valence-electron chi connectivity index (χ0n) is 34.4. The lowest BCUT2D eigenvalue weighted by molar-refractivity contribution is 0.674. The third-order valence-electron chi connectivity index (χ3n) is 12.4. The van der Waals surface area contributed by atoms with Crippen LogP contribution in [0.4, 0.5) is 17.1 Å². The molecule has 12 rings (SSSR count). The maximum absolute atomic E-state index is 6.94. The number of fused-ring (bicyclic) bond motifs is 9. The van der Waals surface area contributed by atoms with Crippen LogP contribution in [0.25, 0.3) is 93.2 Å². The Balaban J connectivity index is 1.05. The van der Waals surface area contributed by atoms with E-state index in [0.29, 0.717) is 0 Å². The molecule has 12 aromatic rings. The van der Waals surface area contributed by atoms with E-state index >= 15 is 0 Å². The van der Waals surface area contributed by atoms with Gasteiger partial charge in [-0.15, -0.1) is 0 Å². The summed E-state index contributed by atoms with van der Waals surface area (Å²) in [4.78, 5) is 2.39. The average Bonchev–Trinajstić information content (AvgIpc) is 3.90. The maximum Gasteiger partial charge on any atom is 0.143 e. The molecule has 3 nitrogen and oxygen atoms in total. The Morgan fingerprint density at radius 3 is 1.60 bits per heavy atom. The van der Waals surface area contributed by atoms with Gasteiger partial charge >= 0.3 is 0 Å². The quantitative estimate of drug-likeness (QED) is 0.167. The lowest BCUT2D eigenvalue weighted by atomic mass is 9.98. The molecule has 0 saturated heterocycles. The van der Waals surface area contributed by atoms with E-state index in [0.717, 1.165) is 72.3 Å². The highest BCUT2D eigenvalue weighted by molar-refractivity contribution is 6.18. The van der Waals surface area contributed by atoms with Gasteiger partial charge in [0.1, 0.15) is 11.2 Å². The number of rotatable bonds is 6. The van der Waals surface area contributed by atoms with Gasteiger partial charge in [0, 0.05) is 55.1 Å². The van der Waals surface area contributed by atoms with Crippen LogP contribution < -0.4 is 4.90 Å². The van der Waals surface area contributed by atoms with E-state index in [1.54, 1.807) is 0 Å². The van der Waals surface area contributed by atoms with Crippen molar-refractivity contribution in [3.63, 3.8) is 0 Å². The number of hydrogen-bond donors (Lipinski definition) is 0. The molecule has 0 N–H and O–H groups in total. The van der Waals surface area contributed by atoms with Crippen LogP contribution in [-0.4, -0.2) is 4.57 Å². The van der Waals surface area contributed by atoms with Gasteiger partial charge in [0.2, 0.25) is 0 Å². The highest BCUT2D eigenvalue weighted by Gasteiger charge is 2.22. The summed E-state index contributed by atoms with van der Waals surface area (Å²) >= 11 is 0. The van der Waals surface area contributed by atoms with Crippen molar-refractivity contribution in [3.05, 3.63) is 243 Å². The summed E-state index contributed by atoms with van der Waals surface area (Å²) < 4.78 is 9.33. The number of hydrogen-bond acceptors (Lipinski definition) is 2. The first-order valence-electron chi connectivity index (χ1n) is 21.5. The normalized spacial score (nSPS) is 11.5. The minimum Gasteiger partial charge on any atom is -0.455 e. The Kier molecular flexibility index (Phi) is 8.83. The average molecular weight is 805 g/mol. The van der Waals surface area contributed by atoms with E-state index in [1.165, 1.54) is 38.0 Å². The molecular weight excluding hydrogens is 765 g/mol. The maximum atomic E-state index is 6.94. The van der Waals surface area contributed by atoms with E-state index in [2.05, 4.69) is 252 Å². The SMILES string of the molecule is c1ccc2ccccc2cccc(-c2ccc(N(c3cccc(-n4c5ccccc5c5ccccc54)c3)c3ccccc3-c3cccc4c3oc3c5ccccc5ccc43)cc2)c1. The Bertz CT molecular complexity index is 3710. The molecule has 0 saturated carbocycles. The molecule has 2 heterocycles. The second-order valence-electron chi connectivity index (χ2n) is 16.1. The van der Waals surface area contributed by atoms with Gasteiger partial charge in [-0.2, -0.15) is 0 Å². The van der Waals surface area contributed by atoms with Crippen LogP contribution >= 0.6 is 0 Å². The third kappa shape index (κ3) is 6.29. The fourth-order valence-electron chi connectivity index (χ4n) is 9.47. The first-order chi connectivity index (χ1) is 31.3. The number of furan rings is 1. The number of para-hydroxylation sites is 4. The topological polar surface area (TPSA) is 21.3 Å². The van der Waals surface area contributed by atoms with Gasteiger partial charge in [0.25, 0.3) is 0 Å². The van der Waals surface area contributed by atoms with Crippen LogP contribution in [0, 0.1) is 0 Å². The lowest BCUT2D eigenvalue weighted by Crippen LogP contribution is -2.12. The third-order valence-corrected chi connectivity index (χ3v) is 12.4. The van der Waals surface area contributed by atoms with Crippen molar-refractivity contribution >= 4 is 82.4 Å². The molecule has 0 atom stereocenters. The molecule has 0 aliphatic heterocycles. The molecule has 0 fully saturated rings. The van der Waals surface area contributed by atoms with E-state index < -0.39 is 0 Å². The molecule has 63 heavy (non-hydrogen) atoms. The number of anilines is 3. The molecule has 10 aromatic carbocycles. The zero-order valence-corrected chi connectivity index (χ0v) is 34.4. The Morgan fingerprint density at radius 1 is 0.317 bits per heavy atom. The molecule has 0 radical (unpaired) electrons. The van der Waals surface area contributed by atoms with Gasteiger partial charge in [0.05, 0.1) is 16.7 Å². The molecule has 3 heteroatoms. The molecular formula is C60H40N2O. The second-order valence-corrected chi connectivity index (χ2v) is 16.1. The minimum atomic E-state index is 0.880. The highest BCUT2D eigenvalue weighted by Crippen LogP contribution is 2.46. The minimum absolute atomic E-state index is 0.880. The molecule has 2 aromatic heterocycles. The van der Waals surface area contributed by atoms with Crippen molar-refractivity contribution < 1.29 is 4.42 Å². The van der Waals surface area contributed by atoms with E-state index in [4.69, 9.17) is 4.42 Å². The molecule has 0 aliphatic carbocycles. The molecule has 0 aliphatic rings. The van der Waals surface area contributed by atoms with Crippen molar-refractivity contribution in [1.29, 1.82) is 0 Å². The summed E-state index contributed by atoms with van der Waals surface area (Å²) in [6.07, 6.45) is 0. The second kappa shape index (κ2) is 15.3. The number of aromatic nitrogens is 1. The standard InChI is InChI=1S/C60H40N2O/c1-3-18-42-21-13-22-43(19-4-2-17-41(42)16-1)44-34-37-46(38-35-44)61(47-23-14-24-48(40-47)62-57-32-11-7-26-50(57)51-27-8-12-33-58(51)62)56-31-10-9-28-52(56)53-29-15-30-54-55-39-36-45-20-5-6-25-49(45)59(55)63-60(53)54/h1-40H. The fraction of sp³-hybridized carbons (Fsp3) is 0. The smallest absolute Gasteiger partial charge is 0.143 e. The van der Waals surface area contributed by atoms with Gasteiger partial charge in [-0.1, -0.05) is 188 Å². The van der Waals surface area contributed by atoms with Crippen molar-refractivity contribution in [2.24, 2.45) is 0 Å². The first kappa shape index (κ1) is 36.5. The van der Waals surface area contributed by atoms with Crippen LogP contribution in [0.15, 0.2) is 247 Å². The van der Waals surface area contributed by atoms with Crippen LogP contribution in [-0.2, 0) is 0 Å². The number of benzene rings is 9. The molecule has 296 valence electrons. The molecule has 0 spiro atoms. The monoisotopic (exact) mass is 804 g/mol. The van der Waals surface area contributed by atoms with Crippen LogP contribution in [0.1, 0.15) is 0 Å². The highest BCUT2D eigenvalue weighted by atomic mass is 16.3. The largest absolute Gasteiger partial charge is 0.455 e. The Labute approximate surface area is 365 Å². The fourth-order valence-corrected chi connectivity index (χ4v) is 9.47. The summed E-state index contributed by atoms with van der Waals surface area (Å²) in [5.74, 6) is 0. The Morgan fingerprint density at radius 2 is 0.841 bits per heavy atom. The summed E-state index contributed by atoms with van der Waals surface area (Å²) in [5, 5.41) is 9.37. The summed E-state index contributed by atoms with van der Waals surface area (Å²) in [6.45, 7) is 0. The summed E-state index contributed by atoms with van der Waals surface area (Å²) in [7, 11) is 0. The zero-order chi connectivity index (χ0) is 41.7. The van der Waals surface area contributed by atoms with Gasteiger partial charge in [-0.05, 0) is 81.9 Å². The first-order valence-corrected chi connectivity index (χ1v) is 21.5. The van der Waals surface area contributed by atoms with Gasteiger partial charge in [0.15, 0.2) is 0 Å². The van der Waals surface area contributed by atoms with Crippen molar-refractivity contribution in [1.82, 2.24) is 4.57 Å². The number of nitrogens with zero attached hydrogens (tertiary/aromatic N) is 2. The predicted octanol–water partition coefficient (Wildman–Crippen LogP) is 16.9. The van der Waals surface area contributed by atoms with Crippen LogP contribution in [0.2, 0.25) is 0 Å². The van der Waals surface area contributed by atoms with Gasteiger partial charge in [-0.25, -0.2) is 0 Å². The lowest BCUT2D eigenvalue weighted by Gasteiger charge is -2.28. The summed E-state index contributed by atoms with van der Waals surface area (Å²) in [5.41, 5.74) is 12.8. The predicted molar refractivity (Wildman–Crippen MR) is 266 cm³/mol. The van der Waals surface area contributed by atoms with E-state index in [9.17, 15) is 0 Å². The van der Waals surface area contributed by atoms with Crippen molar-refractivity contribution in [2.75, 3.05) is 4.90 Å². The Hall–Kier alpha value is -8.40. The summed E-state index contributed by atoms with van der Waals surface area (Å²) in [6, 6.07) is 87.0. The molecule has 0 unspecified atom stereocenters. The van der Waals surface area contributed by atoms with Crippen LogP contribution in [0.5, 0.6) is 0 Å². The molecule has 0 amide bonds. The van der Waals surface area contributed by atoms with Crippen molar-refractivity contribution in [3.8, 4) is 27.9 Å². The molecule has 0 bridgehead atoms.